The number of carbonyl (C=O) groups is 1. The SMILES string of the molecule is Nc1cccc2c(Oc3ncccc3-c3ccnc(NC4CCCN(C(=O)O)C4)n3)c(Cl)ccc12. The minimum Gasteiger partial charge on any atom is -0.465 e. The van der Waals surface area contributed by atoms with Crippen LogP contribution in [0.4, 0.5) is 16.4 Å². The van der Waals surface area contributed by atoms with Crippen molar-refractivity contribution in [1.29, 1.82) is 0 Å². The number of nitrogens with one attached hydrogen (secondary N) is 1. The lowest BCUT2D eigenvalue weighted by molar-refractivity contribution is 0.132. The predicted octanol–water partition coefficient (Wildman–Crippen LogP) is 5.27. The Morgan fingerprint density at radius 2 is 2.00 bits per heavy atom. The third-order valence-corrected chi connectivity index (χ3v) is 6.22. The van der Waals surface area contributed by atoms with Crippen LogP contribution >= 0.6 is 11.6 Å². The number of pyridine rings is 1. The van der Waals surface area contributed by atoms with Crippen LogP contribution in [0.3, 0.4) is 0 Å². The number of carboxylic acid groups (broad SMARTS) is 1. The molecule has 1 saturated heterocycles. The minimum atomic E-state index is -0.919. The van der Waals surface area contributed by atoms with Gasteiger partial charge in [-0.15, -0.1) is 0 Å². The summed E-state index contributed by atoms with van der Waals surface area (Å²) in [5.74, 6) is 1.20. The van der Waals surface area contributed by atoms with Gasteiger partial charge in [-0.3, -0.25) is 0 Å². The lowest BCUT2D eigenvalue weighted by Gasteiger charge is -2.31. The quantitative estimate of drug-likeness (QED) is 0.323. The van der Waals surface area contributed by atoms with E-state index in [4.69, 9.17) is 22.1 Å². The largest absolute Gasteiger partial charge is 0.465 e. The lowest BCUT2D eigenvalue weighted by atomic mass is 10.1. The van der Waals surface area contributed by atoms with E-state index in [0.717, 1.165) is 23.6 Å². The number of ether oxygens (including phenoxy) is 1. The summed E-state index contributed by atoms with van der Waals surface area (Å²) in [5, 5.41) is 14.6. The molecule has 9 nitrogen and oxygen atoms in total. The fourth-order valence-electron chi connectivity index (χ4n) is 4.22. The predicted molar refractivity (Wildman–Crippen MR) is 135 cm³/mol. The molecular formula is C25H23ClN6O3. The van der Waals surface area contributed by atoms with Crippen molar-refractivity contribution >= 4 is 40.1 Å². The van der Waals surface area contributed by atoms with E-state index in [1.807, 2.05) is 30.3 Å². The monoisotopic (exact) mass is 490 g/mol. The van der Waals surface area contributed by atoms with Crippen LogP contribution in [0.25, 0.3) is 22.0 Å². The molecule has 1 aliphatic rings. The van der Waals surface area contributed by atoms with Gasteiger partial charge < -0.3 is 25.8 Å². The Kier molecular flexibility index (Phi) is 6.24. The Bertz CT molecular complexity index is 1400. The first-order valence-corrected chi connectivity index (χ1v) is 11.5. The molecule has 2 aromatic carbocycles. The second kappa shape index (κ2) is 9.63. The molecule has 35 heavy (non-hydrogen) atoms. The number of anilines is 2. The van der Waals surface area contributed by atoms with Gasteiger partial charge in [-0.25, -0.2) is 19.7 Å². The smallest absolute Gasteiger partial charge is 0.407 e. The highest BCUT2D eigenvalue weighted by Crippen LogP contribution is 2.40. The third kappa shape index (κ3) is 4.76. The van der Waals surface area contributed by atoms with Gasteiger partial charge in [-0.2, -0.15) is 0 Å². The Morgan fingerprint density at radius 3 is 2.86 bits per heavy atom. The standard InChI is InChI=1S/C25H23ClN6O3/c26-19-9-8-16-17(5-1-7-20(16)27)22(19)35-23-18(6-2-11-28-23)21-10-12-29-24(31-21)30-15-4-3-13-32(14-15)25(33)34/h1-2,5-12,15H,3-4,13-14,27H2,(H,33,34)(H,29,30,31). The summed E-state index contributed by atoms with van der Waals surface area (Å²) in [6, 6.07) is 14.5. The van der Waals surface area contributed by atoms with Gasteiger partial charge in [0.2, 0.25) is 11.8 Å². The molecule has 1 atom stereocenters. The van der Waals surface area contributed by atoms with Crippen molar-refractivity contribution in [2.24, 2.45) is 0 Å². The number of benzene rings is 2. The van der Waals surface area contributed by atoms with Gasteiger partial charge in [0.15, 0.2) is 5.75 Å². The van der Waals surface area contributed by atoms with Crippen molar-refractivity contribution in [2.45, 2.75) is 18.9 Å². The zero-order valence-electron chi connectivity index (χ0n) is 18.7. The van der Waals surface area contributed by atoms with E-state index < -0.39 is 6.09 Å². The molecule has 10 heteroatoms. The summed E-state index contributed by atoms with van der Waals surface area (Å²) in [7, 11) is 0. The number of nitrogen functional groups attached to an aromatic ring is 1. The number of nitrogens with two attached hydrogens (primary N) is 1. The van der Waals surface area contributed by atoms with Gasteiger partial charge in [0.05, 0.1) is 16.3 Å². The molecule has 2 aromatic heterocycles. The Labute approximate surface area is 206 Å². The number of fused-ring (bicyclic) bond motifs is 1. The van der Waals surface area contributed by atoms with Gasteiger partial charge in [-0.05, 0) is 43.2 Å². The van der Waals surface area contributed by atoms with Crippen molar-refractivity contribution in [3.63, 3.8) is 0 Å². The van der Waals surface area contributed by atoms with Gasteiger partial charge in [-0.1, -0.05) is 29.8 Å². The van der Waals surface area contributed by atoms with E-state index in [2.05, 4.69) is 20.3 Å². The van der Waals surface area contributed by atoms with Crippen molar-refractivity contribution in [2.75, 3.05) is 24.1 Å². The first-order chi connectivity index (χ1) is 17.0. The van der Waals surface area contributed by atoms with Crippen LogP contribution in [0.1, 0.15) is 12.8 Å². The van der Waals surface area contributed by atoms with Crippen molar-refractivity contribution in [3.8, 4) is 22.9 Å². The zero-order valence-corrected chi connectivity index (χ0v) is 19.4. The van der Waals surface area contributed by atoms with Crippen LogP contribution in [-0.2, 0) is 0 Å². The summed E-state index contributed by atoms with van der Waals surface area (Å²) in [5.41, 5.74) is 8.02. The molecule has 0 bridgehead atoms. The number of nitrogens with zero attached hydrogens (tertiary/aromatic N) is 4. The van der Waals surface area contributed by atoms with E-state index in [-0.39, 0.29) is 6.04 Å². The molecule has 4 N–H and O–H groups in total. The molecule has 0 radical (unpaired) electrons. The van der Waals surface area contributed by atoms with Gasteiger partial charge >= 0.3 is 6.09 Å². The fourth-order valence-corrected chi connectivity index (χ4v) is 4.43. The Hall–Kier alpha value is -4.11. The van der Waals surface area contributed by atoms with Crippen molar-refractivity contribution in [1.82, 2.24) is 19.9 Å². The van der Waals surface area contributed by atoms with Gasteiger partial charge in [0.25, 0.3) is 0 Å². The molecule has 1 unspecified atom stereocenters. The molecule has 5 rings (SSSR count). The molecule has 1 amide bonds. The first-order valence-electron chi connectivity index (χ1n) is 11.2. The second-order valence-electron chi connectivity index (χ2n) is 8.25. The number of hydrogen-bond acceptors (Lipinski definition) is 7. The van der Waals surface area contributed by atoms with E-state index in [1.54, 1.807) is 30.6 Å². The van der Waals surface area contributed by atoms with Crippen LogP contribution in [0, 0.1) is 0 Å². The first kappa shape index (κ1) is 22.7. The van der Waals surface area contributed by atoms with Crippen LogP contribution in [0.5, 0.6) is 11.6 Å². The molecule has 3 heterocycles. The number of aromatic nitrogens is 3. The average molecular weight is 491 g/mol. The highest BCUT2D eigenvalue weighted by atomic mass is 35.5. The summed E-state index contributed by atoms with van der Waals surface area (Å²) < 4.78 is 6.24. The molecule has 1 fully saturated rings. The maximum atomic E-state index is 11.3. The van der Waals surface area contributed by atoms with Gasteiger partial charge in [0.1, 0.15) is 0 Å². The third-order valence-electron chi connectivity index (χ3n) is 5.92. The number of piperidine rings is 1. The number of likely N-dealkylation sites (tertiary alicyclic amines) is 1. The maximum absolute atomic E-state index is 11.3. The fraction of sp³-hybridized carbons (Fsp3) is 0.200. The van der Waals surface area contributed by atoms with Crippen LogP contribution in [0.2, 0.25) is 5.02 Å². The molecule has 4 aromatic rings. The summed E-state index contributed by atoms with van der Waals surface area (Å²) in [6.45, 7) is 0.917. The maximum Gasteiger partial charge on any atom is 0.407 e. The highest BCUT2D eigenvalue weighted by Gasteiger charge is 2.24. The minimum absolute atomic E-state index is 0.0698. The van der Waals surface area contributed by atoms with E-state index in [9.17, 15) is 9.90 Å². The molecule has 0 spiro atoms. The van der Waals surface area contributed by atoms with Crippen molar-refractivity contribution < 1.29 is 14.6 Å². The topological polar surface area (TPSA) is 126 Å². The number of amides is 1. The van der Waals surface area contributed by atoms with Crippen LogP contribution < -0.4 is 15.8 Å². The second-order valence-corrected chi connectivity index (χ2v) is 8.66. The lowest BCUT2D eigenvalue weighted by Crippen LogP contribution is -2.44. The van der Waals surface area contributed by atoms with Crippen LogP contribution in [0.15, 0.2) is 60.9 Å². The Balaban J connectivity index is 1.45. The average Bonchev–Trinajstić information content (AvgIpc) is 2.86. The molecule has 178 valence electrons. The van der Waals surface area contributed by atoms with E-state index in [0.29, 0.717) is 52.6 Å². The summed E-state index contributed by atoms with van der Waals surface area (Å²) in [4.78, 5) is 26.1. The molecule has 1 aliphatic heterocycles. The summed E-state index contributed by atoms with van der Waals surface area (Å²) in [6.07, 6.45) is 3.97. The Morgan fingerprint density at radius 1 is 1.11 bits per heavy atom. The van der Waals surface area contributed by atoms with Crippen LogP contribution in [-0.4, -0.2) is 50.2 Å². The number of rotatable bonds is 5. The van der Waals surface area contributed by atoms with E-state index >= 15 is 0 Å². The number of halogens is 1. The van der Waals surface area contributed by atoms with Crippen molar-refractivity contribution in [3.05, 3.63) is 65.9 Å². The summed E-state index contributed by atoms with van der Waals surface area (Å²) >= 11 is 6.50. The number of hydrogen-bond donors (Lipinski definition) is 3. The normalized spacial score (nSPS) is 15.7. The highest BCUT2D eigenvalue weighted by molar-refractivity contribution is 6.33. The van der Waals surface area contributed by atoms with Gasteiger partial charge in [0, 0.05) is 48.0 Å². The molecular weight excluding hydrogens is 468 g/mol. The zero-order chi connectivity index (χ0) is 24.4. The van der Waals surface area contributed by atoms with E-state index in [1.165, 1.54) is 4.90 Å². The molecule has 0 aliphatic carbocycles. The molecule has 0 saturated carbocycles.